The number of thiazole rings is 1. The summed E-state index contributed by atoms with van der Waals surface area (Å²) in [6, 6.07) is 9.08. The van der Waals surface area contributed by atoms with Gasteiger partial charge in [-0.05, 0) is 49.0 Å². The molecule has 21 heavy (non-hydrogen) atoms. The van der Waals surface area contributed by atoms with Crippen LogP contribution in [-0.4, -0.2) is 10.1 Å². The van der Waals surface area contributed by atoms with Crippen LogP contribution in [0.25, 0.3) is 11.6 Å². The maximum Gasteiger partial charge on any atom is 0.134 e. The Morgan fingerprint density at radius 2 is 2.19 bits per heavy atom. The lowest BCUT2D eigenvalue weighted by Gasteiger charge is -2.15. The molecule has 2 aromatic rings. The number of phenols is 1. The van der Waals surface area contributed by atoms with Crippen LogP contribution in [0.1, 0.15) is 34.5 Å². The third-order valence-electron chi connectivity index (χ3n) is 3.74. The molecule has 106 valence electrons. The summed E-state index contributed by atoms with van der Waals surface area (Å²) in [4.78, 5) is 5.98. The van der Waals surface area contributed by atoms with Crippen LogP contribution in [0.4, 0.5) is 0 Å². The highest BCUT2D eigenvalue weighted by atomic mass is 32.1. The fourth-order valence-corrected chi connectivity index (χ4v) is 3.77. The maximum atomic E-state index is 9.41. The minimum Gasteiger partial charge on any atom is -0.508 e. The van der Waals surface area contributed by atoms with Crippen LogP contribution >= 0.6 is 11.3 Å². The van der Waals surface area contributed by atoms with Gasteiger partial charge in [0.05, 0.1) is 11.3 Å². The van der Waals surface area contributed by atoms with E-state index < -0.39 is 0 Å². The van der Waals surface area contributed by atoms with Crippen molar-refractivity contribution in [2.45, 2.75) is 26.2 Å². The number of phenolic OH excluding ortho intramolecular Hbond substituents is 1. The molecule has 1 aliphatic carbocycles. The second-order valence-electron chi connectivity index (χ2n) is 5.50. The first-order valence-corrected chi connectivity index (χ1v) is 7.87. The van der Waals surface area contributed by atoms with Crippen molar-refractivity contribution in [3.63, 3.8) is 0 Å². The normalized spacial score (nSPS) is 18.1. The zero-order valence-electron chi connectivity index (χ0n) is 11.8. The first-order chi connectivity index (χ1) is 10.2. The highest BCUT2D eigenvalue weighted by Crippen LogP contribution is 2.33. The van der Waals surface area contributed by atoms with Crippen molar-refractivity contribution >= 4 is 23.0 Å². The molecule has 0 spiro atoms. The largest absolute Gasteiger partial charge is 0.508 e. The number of fused-ring (bicyclic) bond motifs is 1. The van der Waals surface area contributed by atoms with E-state index in [4.69, 9.17) is 0 Å². The van der Waals surface area contributed by atoms with Crippen molar-refractivity contribution in [3.05, 3.63) is 45.4 Å². The molecule has 1 aromatic heterocycles. The lowest BCUT2D eigenvalue weighted by atomic mass is 9.93. The standard InChI is InChI=1S/C17H16N2OS/c1-11-2-7-15-16(8-11)21-17(19-15)13(10-18)9-12-3-5-14(20)6-4-12/h3-6,9,11,20H,2,7-8H2,1H3/b13-9-. The van der Waals surface area contributed by atoms with Crippen molar-refractivity contribution in [1.82, 2.24) is 4.98 Å². The Morgan fingerprint density at radius 3 is 2.90 bits per heavy atom. The molecule has 3 rings (SSSR count). The van der Waals surface area contributed by atoms with Gasteiger partial charge in [0.25, 0.3) is 0 Å². The molecule has 0 radical (unpaired) electrons. The predicted octanol–water partition coefficient (Wildman–Crippen LogP) is 4.04. The van der Waals surface area contributed by atoms with E-state index >= 15 is 0 Å². The van der Waals surface area contributed by atoms with Gasteiger partial charge in [0.1, 0.15) is 16.8 Å². The second kappa shape index (κ2) is 5.71. The van der Waals surface area contributed by atoms with Gasteiger partial charge in [0.2, 0.25) is 0 Å². The minimum absolute atomic E-state index is 0.226. The Morgan fingerprint density at radius 1 is 1.43 bits per heavy atom. The summed E-state index contributed by atoms with van der Waals surface area (Å²) in [6.45, 7) is 2.26. The Hall–Kier alpha value is -2.12. The number of hydrogen-bond acceptors (Lipinski definition) is 4. The summed E-state index contributed by atoms with van der Waals surface area (Å²) in [7, 11) is 0. The molecular weight excluding hydrogens is 280 g/mol. The number of aromatic hydroxyl groups is 1. The van der Waals surface area contributed by atoms with Gasteiger partial charge < -0.3 is 5.11 Å². The van der Waals surface area contributed by atoms with E-state index in [1.54, 1.807) is 35.6 Å². The molecular formula is C17H16N2OS. The zero-order chi connectivity index (χ0) is 14.8. The molecule has 1 N–H and O–H groups in total. The summed E-state index contributed by atoms with van der Waals surface area (Å²) in [5.74, 6) is 0.932. The van der Waals surface area contributed by atoms with Crippen LogP contribution in [0.2, 0.25) is 0 Å². The van der Waals surface area contributed by atoms with Crippen molar-refractivity contribution in [3.8, 4) is 11.8 Å². The van der Waals surface area contributed by atoms with Crippen molar-refractivity contribution in [1.29, 1.82) is 5.26 Å². The Labute approximate surface area is 128 Å². The molecule has 3 nitrogen and oxygen atoms in total. The van der Waals surface area contributed by atoms with E-state index in [0.29, 0.717) is 11.5 Å². The number of nitriles is 1. The van der Waals surface area contributed by atoms with E-state index in [0.717, 1.165) is 23.4 Å². The SMILES string of the molecule is CC1CCc2nc(/C(C#N)=C\c3ccc(O)cc3)sc2C1. The van der Waals surface area contributed by atoms with Crippen LogP contribution in [0.3, 0.4) is 0 Å². The van der Waals surface area contributed by atoms with Gasteiger partial charge in [-0.3, -0.25) is 0 Å². The van der Waals surface area contributed by atoms with Crippen LogP contribution in [0.15, 0.2) is 24.3 Å². The van der Waals surface area contributed by atoms with E-state index in [1.165, 1.54) is 17.0 Å². The first kappa shape index (κ1) is 13.8. The van der Waals surface area contributed by atoms with Crippen molar-refractivity contribution < 1.29 is 5.11 Å². The fourth-order valence-electron chi connectivity index (χ4n) is 2.53. The second-order valence-corrected chi connectivity index (χ2v) is 6.58. The van der Waals surface area contributed by atoms with E-state index in [2.05, 4.69) is 18.0 Å². The summed E-state index contributed by atoms with van der Waals surface area (Å²) in [6.07, 6.45) is 5.10. The number of allylic oxidation sites excluding steroid dienone is 1. The number of hydrogen-bond donors (Lipinski definition) is 1. The van der Waals surface area contributed by atoms with Crippen LogP contribution in [-0.2, 0) is 12.8 Å². The van der Waals surface area contributed by atoms with E-state index in [1.807, 2.05) is 6.08 Å². The molecule has 4 heteroatoms. The summed E-state index contributed by atoms with van der Waals surface area (Å²) >= 11 is 1.64. The molecule has 1 aromatic carbocycles. The van der Waals surface area contributed by atoms with E-state index in [9.17, 15) is 10.4 Å². The predicted molar refractivity (Wildman–Crippen MR) is 84.9 cm³/mol. The van der Waals surface area contributed by atoms with Crippen molar-refractivity contribution in [2.75, 3.05) is 0 Å². The average Bonchev–Trinajstić information content (AvgIpc) is 2.89. The number of aromatic nitrogens is 1. The minimum atomic E-state index is 0.226. The molecule has 1 atom stereocenters. The molecule has 0 amide bonds. The lowest BCUT2D eigenvalue weighted by molar-refractivity contribution is 0.475. The third kappa shape index (κ3) is 2.98. The third-order valence-corrected chi connectivity index (χ3v) is 4.89. The molecule has 0 aliphatic heterocycles. The Balaban J connectivity index is 1.94. The summed E-state index contributed by atoms with van der Waals surface area (Å²) in [5, 5.41) is 19.5. The lowest BCUT2D eigenvalue weighted by Crippen LogP contribution is -2.09. The first-order valence-electron chi connectivity index (χ1n) is 7.05. The van der Waals surface area contributed by atoms with Gasteiger partial charge in [-0.15, -0.1) is 11.3 Å². The van der Waals surface area contributed by atoms with Gasteiger partial charge in [-0.25, -0.2) is 4.98 Å². The van der Waals surface area contributed by atoms with Crippen LogP contribution in [0.5, 0.6) is 5.75 Å². The Kier molecular flexibility index (Phi) is 3.76. The smallest absolute Gasteiger partial charge is 0.134 e. The molecule has 0 fully saturated rings. The summed E-state index contributed by atoms with van der Waals surface area (Å²) < 4.78 is 0. The molecule has 1 aliphatic rings. The topological polar surface area (TPSA) is 56.9 Å². The Bertz CT molecular complexity index is 722. The van der Waals surface area contributed by atoms with Gasteiger partial charge in [-0.1, -0.05) is 19.1 Å². The van der Waals surface area contributed by atoms with Gasteiger partial charge in [0.15, 0.2) is 0 Å². The molecule has 0 bridgehead atoms. The number of aryl methyl sites for hydroxylation is 1. The monoisotopic (exact) mass is 296 g/mol. The number of rotatable bonds is 2. The van der Waals surface area contributed by atoms with Crippen molar-refractivity contribution in [2.24, 2.45) is 5.92 Å². The fraction of sp³-hybridized carbons (Fsp3) is 0.294. The molecule has 1 unspecified atom stereocenters. The molecule has 1 heterocycles. The van der Waals surface area contributed by atoms with Gasteiger partial charge >= 0.3 is 0 Å². The quantitative estimate of drug-likeness (QED) is 0.851. The van der Waals surface area contributed by atoms with Crippen LogP contribution in [0, 0.1) is 17.2 Å². The number of nitrogens with zero attached hydrogens (tertiary/aromatic N) is 2. The van der Waals surface area contributed by atoms with Gasteiger partial charge in [-0.2, -0.15) is 5.26 Å². The number of benzene rings is 1. The molecule has 0 saturated carbocycles. The maximum absolute atomic E-state index is 9.41. The average molecular weight is 296 g/mol. The van der Waals surface area contributed by atoms with E-state index in [-0.39, 0.29) is 5.75 Å². The molecule has 0 saturated heterocycles. The highest BCUT2D eigenvalue weighted by Gasteiger charge is 2.20. The van der Waals surface area contributed by atoms with Crippen LogP contribution < -0.4 is 0 Å². The van der Waals surface area contributed by atoms with Gasteiger partial charge in [0, 0.05) is 4.88 Å². The summed E-state index contributed by atoms with van der Waals surface area (Å²) in [5.41, 5.74) is 2.65. The zero-order valence-corrected chi connectivity index (χ0v) is 12.7. The highest BCUT2D eigenvalue weighted by molar-refractivity contribution is 7.13.